The van der Waals surface area contributed by atoms with E-state index in [0.717, 1.165) is 32.2 Å². The third-order valence-corrected chi connectivity index (χ3v) is 3.40. The van der Waals surface area contributed by atoms with E-state index in [4.69, 9.17) is 10.5 Å². The number of nitrogens with zero attached hydrogens (tertiary/aromatic N) is 1. The van der Waals surface area contributed by atoms with Crippen molar-refractivity contribution in [2.75, 3.05) is 33.4 Å². The van der Waals surface area contributed by atoms with Crippen molar-refractivity contribution in [1.29, 1.82) is 0 Å². The van der Waals surface area contributed by atoms with Crippen molar-refractivity contribution in [1.82, 2.24) is 4.90 Å². The summed E-state index contributed by atoms with van der Waals surface area (Å²) in [6.45, 7) is 3.58. The van der Waals surface area contributed by atoms with Gasteiger partial charge in [0.1, 0.15) is 0 Å². The van der Waals surface area contributed by atoms with Crippen molar-refractivity contribution in [2.45, 2.75) is 18.9 Å². The number of hydrogen-bond donors (Lipinski definition) is 1. The van der Waals surface area contributed by atoms with Crippen molar-refractivity contribution >= 4 is 0 Å². The summed E-state index contributed by atoms with van der Waals surface area (Å²) in [6, 6.07) is 10.3. The molecule has 0 heterocycles. The Bertz CT molecular complexity index is 338. The Kier molecular flexibility index (Phi) is 5.17. The molecule has 0 aromatic heterocycles. The minimum atomic E-state index is 0.0830. The van der Waals surface area contributed by atoms with E-state index in [2.05, 4.69) is 24.1 Å². The van der Waals surface area contributed by atoms with Gasteiger partial charge in [-0.05, 0) is 31.4 Å². The van der Waals surface area contributed by atoms with E-state index in [0.29, 0.717) is 0 Å². The predicted octanol–water partition coefficient (Wildman–Crippen LogP) is 2.04. The summed E-state index contributed by atoms with van der Waals surface area (Å²) in [5, 5.41) is 0. The fraction of sp³-hybridized carbons (Fsp3) is 0.600. The second-order valence-electron chi connectivity index (χ2n) is 5.30. The molecule has 1 aromatic rings. The third kappa shape index (κ3) is 4.77. The molecule has 0 saturated heterocycles. The molecule has 0 aliphatic heterocycles. The highest BCUT2D eigenvalue weighted by molar-refractivity contribution is 5.18. The first-order valence-corrected chi connectivity index (χ1v) is 6.82. The van der Waals surface area contributed by atoms with Crippen molar-refractivity contribution in [2.24, 2.45) is 11.7 Å². The zero-order valence-corrected chi connectivity index (χ0v) is 11.2. The van der Waals surface area contributed by atoms with Crippen LogP contribution in [0.15, 0.2) is 30.3 Å². The fourth-order valence-corrected chi connectivity index (χ4v) is 1.99. The van der Waals surface area contributed by atoms with Crippen LogP contribution in [0.3, 0.4) is 0 Å². The number of nitrogens with two attached hydrogens (primary N) is 1. The molecule has 3 nitrogen and oxygen atoms in total. The van der Waals surface area contributed by atoms with Crippen LogP contribution in [-0.2, 0) is 4.74 Å². The molecule has 3 heteroatoms. The van der Waals surface area contributed by atoms with Crippen LogP contribution >= 0.6 is 0 Å². The summed E-state index contributed by atoms with van der Waals surface area (Å²) < 4.78 is 5.63. The van der Waals surface area contributed by atoms with Crippen molar-refractivity contribution in [3.63, 3.8) is 0 Å². The summed E-state index contributed by atoms with van der Waals surface area (Å²) in [5.74, 6) is 0.849. The Labute approximate surface area is 110 Å². The number of ether oxygens (including phenoxy) is 1. The van der Waals surface area contributed by atoms with E-state index in [-0.39, 0.29) is 6.04 Å². The fourth-order valence-electron chi connectivity index (χ4n) is 1.99. The molecule has 0 unspecified atom stereocenters. The van der Waals surface area contributed by atoms with Crippen LogP contribution in [0.4, 0.5) is 0 Å². The molecule has 1 aliphatic rings. The zero-order valence-electron chi connectivity index (χ0n) is 11.2. The van der Waals surface area contributed by atoms with Crippen molar-refractivity contribution in [3.05, 3.63) is 35.9 Å². The maximum Gasteiger partial charge on any atom is 0.0593 e. The van der Waals surface area contributed by atoms with Gasteiger partial charge in [0.25, 0.3) is 0 Å². The van der Waals surface area contributed by atoms with Crippen LogP contribution in [0, 0.1) is 5.92 Å². The van der Waals surface area contributed by atoms with Crippen LogP contribution in [0.25, 0.3) is 0 Å². The van der Waals surface area contributed by atoms with Gasteiger partial charge in [-0.2, -0.15) is 0 Å². The van der Waals surface area contributed by atoms with Crippen molar-refractivity contribution < 1.29 is 4.74 Å². The molecule has 18 heavy (non-hydrogen) atoms. The smallest absolute Gasteiger partial charge is 0.0593 e. The van der Waals surface area contributed by atoms with E-state index in [9.17, 15) is 0 Å². The van der Waals surface area contributed by atoms with E-state index in [1.54, 1.807) is 0 Å². The summed E-state index contributed by atoms with van der Waals surface area (Å²) in [5.41, 5.74) is 7.37. The molecule has 1 saturated carbocycles. The second kappa shape index (κ2) is 6.88. The van der Waals surface area contributed by atoms with Gasteiger partial charge in [-0.3, -0.25) is 0 Å². The molecule has 0 spiro atoms. The number of rotatable bonds is 8. The Morgan fingerprint density at radius 1 is 1.33 bits per heavy atom. The Hall–Kier alpha value is -0.900. The number of hydrogen-bond acceptors (Lipinski definition) is 3. The van der Waals surface area contributed by atoms with Gasteiger partial charge in [-0.15, -0.1) is 0 Å². The maximum atomic E-state index is 6.18. The van der Waals surface area contributed by atoms with E-state index in [1.165, 1.54) is 18.4 Å². The van der Waals surface area contributed by atoms with Gasteiger partial charge in [-0.25, -0.2) is 0 Å². The highest BCUT2D eigenvalue weighted by Gasteiger charge is 2.21. The minimum absolute atomic E-state index is 0.0830. The molecule has 100 valence electrons. The molecule has 0 amide bonds. The highest BCUT2D eigenvalue weighted by atomic mass is 16.5. The topological polar surface area (TPSA) is 38.5 Å². The maximum absolute atomic E-state index is 6.18. The first-order chi connectivity index (χ1) is 8.75. The predicted molar refractivity (Wildman–Crippen MR) is 74.4 cm³/mol. The van der Waals surface area contributed by atoms with Crippen molar-refractivity contribution in [3.8, 4) is 0 Å². The van der Waals surface area contributed by atoms with Gasteiger partial charge >= 0.3 is 0 Å². The molecular weight excluding hydrogens is 224 g/mol. The van der Waals surface area contributed by atoms with Gasteiger partial charge in [0.15, 0.2) is 0 Å². The first-order valence-electron chi connectivity index (χ1n) is 6.82. The molecule has 1 fully saturated rings. The SMILES string of the molecule is CN(CCOCC1CC1)C[C@H](N)c1ccccc1. The summed E-state index contributed by atoms with van der Waals surface area (Å²) in [6.07, 6.45) is 2.71. The second-order valence-corrected chi connectivity index (χ2v) is 5.30. The Balaban J connectivity index is 1.61. The molecule has 0 bridgehead atoms. The molecule has 1 atom stereocenters. The largest absolute Gasteiger partial charge is 0.380 e. The van der Waals surface area contributed by atoms with Crippen LogP contribution in [0.5, 0.6) is 0 Å². The quantitative estimate of drug-likeness (QED) is 0.716. The van der Waals surface area contributed by atoms with Gasteiger partial charge in [-0.1, -0.05) is 30.3 Å². The lowest BCUT2D eigenvalue weighted by Crippen LogP contribution is -2.31. The zero-order chi connectivity index (χ0) is 12.8. The Morgan fingerprint density at radius 2 is 2.06 bits per heavy atom. The Morgan fingerprint density at radius 3 is 2.72 bits per heavy atom. The summed E-state index contributed by atoms with van der Waals surface area (Å²) in [4.78, 5) is 2.24. The molecule has 2 rings (SSSR count). The molecular formula is C15H24N2O. The monoisotopic (exact) mass is 248 g/mol. The van der Waals surface area contributed by atoms with E-state index in [1.807, 2.05) is 18.2 Å². The first kappa shape index (κ1) is 13.5. The van der Waals surface area contributed by atoms with Crippen LogP contribution in [-0.4, -0.2) is 38.3 Å². The van der Waals surface area contributed by atoms with E-state index >= 15 is 0 Å². The highest BCUT2D eigenvalue weighted by Crippen LogP contribution is 2.28. The molecule has 1 aliphatic carbocycles. The lowest BCUT2D eigenvalue weighted by molar-refractivity contribution is 0.102. The standard InChI is InChI=1S/C15H24N2O/c1-17(9-10-18-12-13-7-8-13)11-15(16)14-5-3-2-4-6-14/h2-6,13,15H,7-12,16H2,1H3/t15-/m0/s1. The lowest BCUT2D eigenvalue weighted by atomic mass is 10.1. The van der Waals surface area contributed by atoms with Crippen LogP contribution < -0.4 is 5.73 Å². The minimum Gasteiger partial charge on any atom is -0.380 e. The average Bonchev–Trinajstić information content (AvgIpc) is 3.20. The number of benzene rings is 1. The molecule has 0 radical (unpaired) electrons. The lowest BCUT2D eigenvalue weighted by Gasteiger charge is -2.21. The summed E-state index contributed by atoms with van der Waals surface area (Å²) in [7, 11) is 2.10. The van der Waals surface area contributed by atoms with Gasteiger partial charge < -0.3 is 15.4 Å². The third-order valence-electron chi connectivity index (χ3n) is 3.40. The van der Waals surface area contributed by atoms with Crippen LogP contribution in [0.1, 0.15) is 24.4 Å². The molecule has 2 N–H and O–H groups in total. The average molecular weight is 248 g/mol. The molecule has 1 aromatic carbocycles. The van der Waals surface area contributed by atoms with Gasteiger partial charge in [0.05, 0.1) is 6.61 Å². The number of likely N-dealkylation sites (N-methyl/N-ethyl adjacent to an activating group) is 1. The summed E-state index contributed by atoms with van der Waals surface area (Å²) >= 11 is 0. The van der Waals surface area contributed by atoms with Gasteiger partial charge in [0, 0.05) is 25.7 Å². The normalized spacial score (nSPS) is 17.1. The van der Waals surface area contributed by atoms with Gasteiger partial charge in [0.2, 0.25) is 0 Å². The van der Waals surface area contributed by atoms with Crippen LogP contribution in [0.2, 0.25) is 0 Å². The van der Waals surface area contributed by atoms with E-state index < -0.39 is 0 Å².